The SMILES string of the molecule is COc1cccc(CN(C(=O)CCN2C(=O)[C@H]3CC=CC[C@H]3C2=O)[C@H](C)C(=O)NC(C)C)c1. The molecular weight excluding hydrogens is 422 g/mol. The van der Waals surface area contributed by atoms with Crippen LogP contribution in [0.4, 0.5) is 0 Å². The summed E-state index contributed by atoms with van der Waals surface area (Å²) in [7, 11) is 1.57. The van der Waals surface area contributed by atoms with E-state index in [-0.39, 0.29) is 61.0 Å². The van der Waals surface area contributed by atoms with Gasteiger partial charge in [-0.2, -0.15) is 0 Å². The van der Waals surface area contributed by atoms with Gasteiger partial charge in [0.2, 0.25) is 23.6 Å². The van der Waals surface area contributed by atoms with Gasteiger partial charge in [-0.1, -0.05) is 24.3 Å². The Labute approximate surface area is 194 Å². The van der Waals surface area contributed by atoms with Gasteiger partial charge >= 0.3 is 0 Å². The summed E-state index contributed by atoms with van der Waals surface area (Å²) in [6, 6.07) is 6.53. The molecule has 0 saturated carbocycles. The van der Waals surface area contributed by atoms with Crippen molar-refractivity contribution in [3.05, 3.63) is 42.0 Å². The van der Waals surface area contributed by atoms with Gasteiger partial charge in [0.1, 0.15) is 11.8 Å². The zero-order valence-electron chi connectivity index (χ0n) is 19.7. The zero-order valence-corrected chi connectivity index (χ0v) is 19.7. The highest BCUT2D eigenvalue weighted by molar-refractivity contribution is 6.05. The molecule has 3 rings (SSSR count). The fourth-order valence-corrected chi connectivity index (χ4v) is 4.40. The molecule has 178 valence electrons. The van der Waals surface area contributed by atoms with Crippen LogP contribution in [0.2, 0.25) is 0 Å². The molecule has 1 heterocycles. The van der Waals surface area contributed by atoms with Crippen LogP contribution in [-0.4, -0.2) is 59.2 Å². The number of carbonyl (C=O) groups excluding carboxylic acids is 4. The monoisotopic (exact) mass is 455 g/mol. The van der Waals surface area contributed by atoms with Crippen LogP contribution in [0.5, 0.6) is 5.75 Å². The lowest BCUT2D eigenvalue weighted by Crippen LogP contribution is -2.49. The van der Waals surface area contributed by atoms with Crippen molar-refractivity contribution in [3.63, 3.8) is 0 Å². The number of nitrogens with one attached hydrogen (secondary N) is 1. The Balaban J connectivity index is 1.73. The van der Waals surface area contributed by atoms with Gasteiger partial charge in [0.05, 0.1) is 18.9 Å². The number of amides is 4. The fraction of sp³-hybridized carbons (Fsp3) is 0.520. The summed E-state index contributed by atoms with van der Waals surface area (Å²) < 4.78 is 5.27. The Kier molecular flexibility index (Phi) is 7.89. The smallest absolute Gasteiger partial charge is 0.242 e. The molecule has 1 saturated heterocycles. The van der Waals surface area contributed by atoms with Crippen molar-refractivity contribution in [2.24, 2.45) is 11.8 Å². The molecule has 1 aliphatic carbocycles. The summed E-state index contributed by atoms with van der Waals surface area (Å²) in [4.78, 5) is 54.1. The highest BCUT2D eigenvalue weighted by Gasteiger charge is 2.47. The van der Waals surface area contributed by atoms with E-state index in [0.29, 0.717) is 18.6 Å². The molecule has 1 aromatic rings. The second kappa shape index (κ2) is 10.6. The number of methoxy groups -OCH3 is 1. The van der Waals surface area contributed by atoms with Crippen LogP contribution in [0, 0.1) is 11.8 Å². The fourth-order valence-electron chi connectivity index (χ4n) is 4.40. The quantitative estimate of drug-likeness (QED) is 0.455. The van der Waals surface area contributed by atoms with Crippen LogP contribution in [0.1, 0.15) is 45.6 Å². The minimum absolute atomic E-state index is 0.0244. The number of carbonyl (C=O) groups is 4. The van der Waals surface area contributed by atoms with Crippen molar-refractivity contribution in [2.75, 3.05) is 13.7 Å². The lowest BCUT2D eigenvalue weighted by molar-refractivity contribution is -0.143. The van der Waals surface area contributed by atoms with E-state index in [1.54, 1.807) is 14.0 Å². The number of nitrogens with zero attached hydrogens (tertiary/aromatic N) is 2. The maximum Gasteiger partial charge on any atom is 0.242 e. The molecule has 0 radical (unpaired) electrons. The van der Waals surface area contributed by atoms with E-state index < -0.39 is 6.04 Å². The molecule has 2 aliphatic rings. The van der Waals surface area contributed by atoms with E-state index in [9.17, 15) is 19.2 Å². The van der Waals surface area contributed by atoms with Crippen LogP contribution in [0.25, 0.3) is 0 Å². The molecule has 4 amide bonds. The minimum Gasteiger partial charge on any atom is -0.497 e. The molecule has 1 aliphatic heterocycles. The van der Waals surface area contributed by atoms with Crippen molar-refractivity contribution >= 4 is 23.6 Å². The number of hydrogen-bond donors (Lipinski definition) is 1. The van der Waals surface area contributed by atoms with E-state index in [0.717, 1.165) is 5.56 Å². The summed E-state index contributed by atoms with van der Waals surface area (Å²) >= 11 is 0. The third-order valence-corrected chi connectivity index (χ3v) is 6.23. The number of imide groups is 1. The summed E-state index contributed by atoms with van der Waals surface area (Å²) in [6.45, 7) is 5.63. The minimum atomic E-state index is -0.720. The van der Waals surface area contributed by atoms with Gasteiger partial charge in [0, 0.05) is 25.6 Å². The van der Waals surface area contributed by atoms with Gasteiger partial charge in [-0.25, -0.2) is 0 Å². The molecule has 0 spiro atoms. The summed E-state index contributed by atoms with van der Waals surface area (Å²) in [5.41, 5.74) is 0.817. The van der Waals surface area contributed by atoms with Crippen LogP contribution in [0.3, 0.4) is 0 Å². The van der Waals surface area contributed by atoms with Crippen LogP contribution < -0.4 is 10.1 Å². The topological polar surface area (TPSA) is 96.0 Å². The van der Waals surface area contributed by atoms with E-state index in [4.69, 9.17) is 4.74 Å². The van der Waals surface area contributed by atoms with E-state index in [2.05, 4.69) is 5.32 Å². The Bertz CT molecular complexity index is 916. The molecule has 1 fully saturated rings. The average molecular weight is 456 g/mol. The number of hydrogen-bond acceptors (Lipinski definition) is 5. The molecule has 8 nitrogen and oxygen atoms in total. The molecule has 0 aromatic heterocycles. The van der Waals surface area contributed by atoms with Crippen molar-refractivity contribution in [2.45, 2.75) is 58.7 Å². The van der Waals surface area contributed by atoms with Gasteiger partial charge in [-0.15, -0.1) is 0 Å². The average Bonchev–Trinajstić information content (AvgIpc) is 3.05. The standard InChI is InChI=1S/C25H33N3O5/c1-16(2)26-23(30)17(3)28(15-18-8-7-9-19(14-18)33-4)22(29)12-13-27-24(31)20-10-5-6-11-21(20)25(27)32/h5-9,14,16-17,20-21H,10-13,15H2,1-4H3,(H,26,30)/t17-,20-,21+/m1/s1. The molecule has 0 unspecified atom stereocenters. The first kappa shape index (κ1) is 24.5. The van der Waals surface area contributed by atoms with Crippen LogP contribution >= 0.6 is 0 Å². The van der Waals surface area contributed by atoms with Crippen molar-refractivity contribution in [3.8, 4) is 5.75 Å². The highest BCUT2D eigenvalue weighted by atomic mass is 16.5. The Morgan fingerprint density at radius 1 is 1.12 bits per heavy atom. The van der Waals surface area contributed by atoms with E-state index in [1.165, 1.54) is 9.80 Å². The summed E-state index contributed by atoms with van der Waals surface area (Å²) in [5, 5.41) is 2.85. The molecule has 1 N–H and O–H groups in total. The van der Waals surface area contributed by atoms with Gasteiger partial charge in [-0.05, 0) is 51.3 Å². The number of fused-ring (bicyclic) bond motifs is 1. The number of rotatable bonds is 9. The maximum absolute atomic E-state index is 13.3. The zero-order chi connectivity index (χ0) is 24.1. The second-order valence-corrected chi connectivity index (χ2v) is 8.95. The third kappa shape index (κ3) is 5.61. The van der Waals surface area contributed by atoms with Gasteiger partial charge in [0.25, 0.3) is 0 Å². The number of likely N-dealkylation sites (tertiary alicyclic amines) is 1. The Morgan fingerprint density at radius 3 is 2.33 bits per heavy atom. The third-order valence-electron chi connectivity index (χ3n) is 6.23. The molecule has 1 aromatic carbocycles. The second-order valence-electron chi connectivity index (χ2n) is 8.95. The highest BCUT2D eigenvalue weighted by Crippen LogP contribution is 2.35. The lowest BCUT2D eigenvalue weighted by Gasteiger charge is -2.30. The normalized spacial score (nSPS) is 20.6. The van der Waals surface area contributed by atoms with Gasteiger partial charge in [-0.3, -0.25) is 24.1 Å². The van der Waals surface area contributed by atoms with Crippen molar-refractivity contribution in [1.29, 1.82) is 0 Å². The number of allylic oxidation sites excluding steroid dienone is 2. The molecule has 33 heavy (non-hydrogen) atoms. The molecular formula is C25H33N3O5. The largest absolute Gasteiger partial charge is 0.497 e. The molecule has 8 heteroatoms. The van der Waals surface area contributed by atoms with Crippen molar-refractivity contribution in [1.82, 2.24) is 15.1 Å². The first-order valence-electron chi connectivity index (χ1n) is 11.5. The van der Waals surface area contributed by atoms with Gasteiger partial charge < -0.3 is 15.0 Å². The van der Waals surface area contributed by atoms with E-state index in [1.807, 2.05) is 50.3 Å². The lowest BCUT2D eigenvalue weighted by atomic mass is 9.85. The predicted octanol–water partition coefficient (Wildman–Crippen LogP) is 2.28. The number of benzene rings is 1. The van der Waals surface area contributed by atoms with Crippen LogP contribution in [-0.2, 0) is 25.7 Å². The maximum atomic E-state index is 13.3. The Morgan fingerprint density at radius 2 is 1.76 bits per heavy atom. The molecule has 0 bridgehead atoms. The predicted molar refractivity (Wildman–Crippen MR) is 123 cm³/mol. The Hall–Kier alpha value is -3.16. The van der Waals surface area contributed by atoms with Crippen LogP contribution in [0.15, 0.2) is 36.4 Å². The summed E-state index contributed by atoms with van der Waals surface area (Å²) in [5.74, 6) is -0.935. The number of ether oxygens (including phenoxy) is 1. The molecule has 3 atom stereocenters. The summed E-state index contributed by atoms with van der Waals surface area (Å²) in [6.07, 6.45) is 4.97. The first-order chi connectivity index (χ1) is 15.7. The van der Waals surface area contributed by atoms with Gasteiger partial charge in [0.15, 0.2) is 0 Å². The van der Waals surface area contributed by atoms with E-state index >= 15 is 0 Å². The first-order valence-corrected chi connectivity index (χ1v) is 11.5. The van der Waals surface area contributed by atoms with Crippen molar-refractivity contribution < 1.29 is 23.9 Å².